The second-order valence-electron chi connectivity index (χ2n) is 3.37. The van der Waals surface area contributed by atoms with Gasteiger partial charge in [0.15, 0.2) is 5.75 Å². The SMILES string of the molecule is COc1cc([C@H](N)C(F)(F)F)cc([N+](=O)[O-])c1O.Cl. The van der Waals surface area contributed by atoms with Crippen LogP contribution in [0.4, 0.5) is 18.9 Å². The molecule has 0 radical (unpaired) electrons. The van der Waals surface area contributed by atoms with Crippen LogP contribution in [0.5, 0.6) is 11.5 Å². The van der Waals surface area contributed by atoms with Crippen molar-refractivity contribution in [1.29, 1.82) is 0 Å². The van der Waals surface area contributed by atoms with Crippen molar-refractivity contribution in [3.63, 3.8) is 0 Å². The molecule has 0 heterocycles. The smallest absolute Gasteiger partial charge is 0.407 e. The van der Waals surface area contributed by atoms with Gasteiger partial charge in [-0.25, -0.2) is 0 Å². The Labute approximate surface area is 111 Å². The standard InChI is InChI=1S/C9H9F3N2O4.ClH/c1-18-6-3-4(8(13)9(10,11)12)2-5(7(6)15)14(16)17;/h2-3,8,15H,13H2,1H3;1H/t8-;/m0./s1. The first kappa shape index (κ1) is 17.3. The van der Waals surface area contributed by atoms with Crippen LogP contribution in [-0.4, -0.2) is 23.3 Å². The Balaban J connectivity index is 0.00000324. The molecule has 0 fully saturated rings. The molecular weight excluding hydrogens is 293 g/mol. The van der Waals surface area contributed by atoms with E-state index in [4.69, 9.17) is 5.73 Å². The number of nitrogens with zero attached hydrogens (tertiary/aromatic N) is 1. The summed E-state index contributed by atoms with van der Waals surface area (Å²) in [6, 6.07) is -1.03. The summed E-state index contributed by atoms with van der Waals surface area (Å²) in [6.07, 6.45) is -4.75. The van der Waals surface area contributed by atoms with E-state index in [0.29, 0.717) is 6.07 Å². The van der Waals surface area contributed by atoms with Crippen molar-refractivity contribution < 1.29 is 27.9 Å². The van der Waals surface area contributed by atoms with Crippen LogP contribution in [0.3, 0.4) is 0 Å². The lowest BCUT2D eigenvalue weighted by Crippen LogP contribution is -2.28. The fourth-order valence-electron chi connectivity index (χ4n) is 1.28. The number of hydrogen-bond donors (Lipinski definition) is 2. The number of phenols is 1. The maximum atomic E-state index is 12.4. The molecule has 0 spiro atoms. The van der Waals surface area contributed by atoms with Crippen molar-refractivity contribution >= 4 is 18.1 Å². The highest BCUT2D eigenvalue weighted by Gasteiger charge is 2.39. The Morgan fingerprint density at radius 2 is 2.00 bits per heavy atom. The molecule has 1 rings (SSSR count). The predicted octanol–water partition coefficient (Wildman–Crippen LogP) is 2.29. The van der Waals surface area contributed by atoms with Crippen LogP contribution in [0.2, 0.25) is 0 Å². The van der Waals surface area contributed by atoms with E-state index in [2.05, 4.69) is 4.74 Å². The monoisotopic (exact) mass is 302 g/mol. The van der Waals surface area contributed by atoms with Gasteiger partial charge in [-0.15, -0.1) is 12.4 Å². The van der Waals surface area contributed by atoms with Crippen LogP contribution in [0.15, 0.2) is 12.1 Å². The third kappa shape index (κ3) is 3.61. The van der Waals surface area contributed by atoms with Crippen molar-refractivity contribution in [2.75, 3.05) is 7.11 Å². The zero-order valence-corrected chi connectivity index (χ0v) is 10.3. The number of aromatic hydroxyl groups is 1. The van der Waals surface area contributed by atoms with Gasteiger partial charge in [-0.3, -0.25) is 10.1 Å². The highest BCUT2D eigenvalue weighted by Crippen LogP contribution is 2.41. The lowest BCUT2D eigenvalue weighted by atomic mass is 10.1. The zero-order valence-electron chi connectivity index (χ0n) is 9.47. The van der Waals surface area contributed by atoms with Gasteiger partial charge in [0.05, 0.1) is 12.0 Å². The molecule has 0 unspecified atom stereocenters. The van der Waals surface area contributed by atoms with Crippen LogP contribution in [0.25, 0.3) is 0 Å². The summed E-state index contributed by atoms with van der Waals surface area (Å²) in [4.78, 5) is 9.56. The molecule has 0 aliphatic rings. The number of hydrogen-bond acceptors (Lipinski definition) is 5. The molecule has 19 heavy (non-hydrogen) atoms. The number of nitro groups is 1. The number of halogens is 4. The molecule has 0 saturated heterocycles. The van der Waals surface area contributed by atoms with Gasteiger partial charge < -0.3 is 15.6 Å². The van der Waals surface area contributed by atoms with E-state index in [1.807, 2.05) is 0 Å². The fraction of sp³-hybridized carbons (Fsp3) is 0.333. The van der Waals surface area contributed by atoms with Gasteiger partial charge in [0.2, 0.25) is 5.75 Å². The molecule has 0 amide bonds. The fourth-order valence-corrected chi connectivity index (χ4v) is 1.28. The molecule has 1 aromatic rings. The highest BCUT2D eigenvalue weighted by molar-refractivity contribution is 5.85. The minimum Gasteiger partial charge on any atom is -0.500 e. The number of ether oxygens (including phenoxy) is 1. The summed E-state index contributed by atoms with van der Waals surface area (Å²) in [5, 5.41) is 20.0. The van der Waals surface area contributed by atoms with Crippen LogP contribution >= 0.6 is 12.4 Å². The molecule has 10 heteroatoms. The van der Waals surface area contributed by atoms with Gasteiger partial charge in [0, 0.05) is 6.07 Å². The largest absolute Gasteiger partial charge is 0.500 e. The number of nitrogens with two attached hydrogens (primary N) is 1. The van der Waals surface area contributed by atoms with Gasteiger partial charge in [-0.1, -0.05) is 0 Å². The summed E-state index contributed by atoms with van der Waals surface area (Å²) >= 11 is 0. The van der Waals surface area contributed by atoms with E-state index in [1.54, 1.807) is 0 Å². The predicted molar refractivity (Wildman–Crippen MR) is 61.5 cm³/mol. The molecule has 0 bridgehead atoms. The van der Waals surface area contributed by atoms with Crippen molar-refractivity contribution in [2.45, 2.75) is 12.2 Å². The molecule has 0 saturated carbocycles. The van der Waals surface area contributed by atoms with E-state index in [0.717, 1.165) is 13.2 Å². The average molecular weight is 303 g/mol. The third-order valence-electron chi connectivity index (χ3n) is 2.21. The number of methoxy groups -OCH3 is 1. The molecule has 0 aliphatic carbocycles. The maximum absolute atomic E-state index is 12.4. The number of benzene rings is 1. The third-order valence-corrected chi connectivity index (χ3v) is 2.21. The molecule has 0 aliphatic heterocycles. The van der Waals surface area contributed by atoms with E-state index < -0.39 is 39.9 Å². The Hall–Kier alpha value is -1.74. The first-order valence-corrected chi connectivity index (χ1v) is 4.56. The van der Waals surface area contributed by atoms with Crippen LogP contribution in [0.1, 0.15) is 11.6 Å². The Morgan fingerprint density at radius 3 is 2.37 bits per heavy atom. The summed E-state index contributed by atoms with van der Waals surface area (Å²) in [6.45, 7) is 0. The first-order valence-electron chi connectivity index (χ1n) is 4.56. The second kappa shape index (κ2) is 5.93. The Morgan fingerprint density at radius 1 is 1.47 bits per heavy atom. The summed E-state index contributed by atoms with van der Waals surface area (Å²) in [5.74, 6) is -1.29. The lowest BCUT2D eigenvalue weighted by molar-refractivity contribution is -0.386. The molecule has 0 aromatic heterocycles. The number of phenolic OH excluding ortho intramolecular Hbond substituents is 1. The van der Waals surface area contributed by atoms with Crippen LogP contribution in [0, 0.1) is 10.1 Å². The minimum atomic E-state index is -4.75. The van der Waals surface area contributed by atoms with Crippen LogP contribution in [-0.2, 0) is 0 Å². The van der Waals surface area contributed by atoms with Crippen molar-refractivity contribution in [2.24, 2.45) is 5.73 Å². The van der Waals surface area contributed by atoms with Gasteiger partial charge in [-0.2, -0.15) is 13.2 Å². The normalized spacial score (nSPS) is 12.5. The second-order valence-corrected chi connectivity index (χ2v) is 3.37. The Kier molecular flexibility index (Phi) is 5.39. The number of alkyl halides is 3. The summed E-state index contributed by atoms with van der Waals surface area (Å²) in [7, 11) is 1.06. The average Bonchev–Trinajstić information content (AvgIpc) is 2.26. The highest BCUT2D eigenvalue weighted by atomic mass is 35.5. The molecule has 1 atom stereocenters. The zero-order chi connectivity index (χ0) is 14.1. The summed E-state index contributed by atoms with van der Waals surface area (Å²) in [5.41, 5.74) is 3.47. The van der Waals surface area contributed by atoms with Crippen molar-refractivity contribution in [3.05, 3.63) is 27.8 Å². The molecule has 3 N–H and O–H groups in total. The topological polar surface area (TPSA) is 98.6 Å². The first-order chi connectivity index (χ1) is 8.18. The molecule has 108 valence electrons. The van der Waals surface area contributed by atoms with E-state index in [1.165, 1.54) is 0 Å². The summed E-state index contributed by atoms with van der Waals surface area (Å²) < 4.78 is 41.8. The number of rotatable bonds is 3. The van der Waals surface area contributed by atoms with Crippen LogP contribution < -0.4 is 10.5 Å². The van der Waals surface area contributed by atoms with Gasteiger partial charge >= 0.3 is 11.9 Å². The number of nitro benzene ring substituents is 1. The van der Waals surface area contributed by atoms with E-state index in [-0.39, 0.29) is 12.4 Å². The van der Waals surface area contributed by atoms with Gasteiger partial charge in [0.1, 0.15) is 6.04 Å². The van der Waals surface area contributed by atoms with Gasteiger partial charge in [0.25, 0.3) is 0 Å². The van der Waals surface area contributed by atoms with Crippen molar-refractivity contribution in [1.82, 2.24) is 0 Å². The minimum absolute atomic E-state index is 0. The van der Waals surface area contributed by atoms with Crippen molar-refractivity contribution in [3.8, 4) is 11.5 Å². The quantitative estimate of drug-likeness (QED) is 0.659. The van der Waals surface area contributed by atoms with E-state index in [9.17, 15) is 28.4 Å². The molecule has 1 aromatic carbocycles. The molecular formula is C9H10ClF3N2O4. The lowest BCUT2D eigenvalue weighted by Gasteiger charge is -2.16. The van der Waals surface area contributed by atoms with E-state index >= 15 is 0 Å². The molecule has 6 nitrogen and oxygen atoms in total. The maximum Gasteiger partial charge on any atom is 0.407 e. The van der Waals surface area contributed by atoms with Gasteiger partial charge in [-0.05, 0) is 11.6 Å². The Bertz CT molecular complexity index is 481.